The van der Waals surface area contributed by atoms with Crippen molar-refractivity contribution in [3.8, 4) is 17.3 Å². The first-order chi connectivity index (χ1) is 16.4. The first-order valence-electron chi connectivity index (χ1n) is 10.8. The fourth-order valence-electron chi connectivity index (χ4n) is 4.13. The van der Waals surface area contributed by atoms with Gasteiger partial charge in [-0.15, -0.1) is 0 Å². The topological polar surface area (TPSA) is 72.6 Å². The number of ether oxygens (including phenoxy) is 1. The number of halogens is 3. The van der Waals surface area contributed by atoms with Gasteiger partial charge in [-0.3, -0.25) is 9.78 Å². The molecule has 0 bridgehead atoms. The molecule has 4 aromatic rings. The van der Waals surface area contributed by atoms with E-state index in [9.17, 15) is 18.0 Å². The Hall–Kier alpha value is -3.95. The normalized spacial score (nSPS) is 16.2. The van der Waals surface area contributed by atoms with Gasteiger partial charge in [0.05, 0.1) is 28.4 Å². The summed E-state index contributed by atoms with van der Waals surface area (Å²) < 4.78 is 45.6. The summed E-state index contributed by atoms with van der Waals surface area (Å²) in [6, 6.07) is 12.8. The summed E-state index contributed by atoms with van der Waals surface area (Å²) in [6.45, 7) is 0.668. The number of carbonyl (C=O) groups is 1. The van der Waals surface area contributed by atoms with Gasteiger partial charge in [0.2, 0.25) is 5.88 Å². The van der Waals surface area contributed by atoms with E-state index in [1.807, 2.05) is 24.3 Å². The zero-order valence-corrected chi connectivity index (χ0v) is 17.9. The Balaban J connectivity index is 1.39. The quantitative estimate of drug-likeness (QED) is 0.432. The van der Waals surface area contributed by atoms with Crippen molar-refractivity contribution in [1.82, 2.24) is 24.5 Å². The van der Waals surface area contributed by atoms with Crippen LogP contribution in [-0.4, -0.2) is 49.6 Å². The Morgan fingerprint density at radius 2 is 1.94 bits per heavy atom. The summed E-state index contributed by atoms with van der Waals surface area (Å²) >= 11 is 0. The SMILES string of the molecule is O=C(c1c(-c2ccccn2)nn2ccccc12)N1CCC[C@H]1COc1ccc(C(F)(F)F)cn1. The van der Waals surface area contributed by atoms with Crippen LogP contribution in [0, 0.1) is 0 Å². The van der Waals surface area contributed by atoms with Crippen LogP contribution in [0.1, 0.15) is 28.8 Å². The number of likely N-dealkylation sites (tertiary alicyclic amines) is 1. The maximum Gasteiger partial charge on any atom is 0.417 e. The number of carbonyl (C=O) groups excluding carboxylic acids is 1. The van der Waals surface area contributed by atoms with Gasteiger partial charge in [0.25, 0.3) is 5.91 Å². The molecule has 5 rings (SSSR count). The van der Waals surface area contributed by atoms with Crippen molar-refractivity contribution in [2.45, 2.75) is 25.1 Å². The molecule has 1 aliphatic rings. The van der Waals surface area contributed by atoms with E-state index in [1.165, 1.54) is 6.07 Å². The van der Waals surface area contributed by atoms with Gasteiger partial charge >= 0.3 is 6.18 Å². The van der Waals surface area contributed by atoms with Crippen LogP contribution in [0.15, 0.2) is 67.1 Å². The van der Waals surface area contributed by atoms with E-state index in [2.05, 4.69) is 15.1 Å². The highest BCUT2D eigenvalue weighted by atomic mass is 19.4. The van der Waals surface area contributed by atoms with Gasteiger partial charge in [-0.1, -0.05) is 12.1 Å². The van der Waals surface area contributed by atoms with Gasteiger partial charge in [-0.25, -0.2) is 9.50 Å². The van der Waals surface area contributed by atoms with E-state index in [0.29, 0.717) is 35.4 Å². The van der Waals surface area contributed by atoms with E-state index in [4.69, 9.17) is 4.74 Å². The predicted octanol–water partition coefficient (Wildman–Crippen LogP) is 4.49. The first kappa shape index (κ1) is 21.9. The van der Waals surface area contributed by atoms with Crippen LogP contribution in [0.3, 0.4) is 0 Å². The lowest BCUT2D eigenvalue weighted by molar-refractivity contribution is -0.137. The van der Waals surface area contributed by atoms with Crippen molar-refractivity contribution < 1.29 is 22.7 Å². The third-order valence-corrected chi connectivity index (χ3v) is 5.79. The summed E-state index contributed by atoms with van der Waals surface area (Å²) in [4.78, 5) is 23.6. The van der Waals surface area contributed by atoms with Gasteiger partial charge in [-0.2, -0.15) is 18.3 Å². The van der Waals surface area contributed by atoms with Crippen LogP contribution in [0.2, 0.25) is 0 Å². The number of hydrogen-bond donors (Lipinski definition) is 0. The largest absolute Gasteiger partial charge is 0.475 e. The summed E-state index contributed by atoms with van der Waals surface area (Å²) in [7, 11) is 0. The van der Waals surface area contributed by atoms with Crippen LogP contribution in [0.25, 0.3) is 16.9 Å². The molecule has 10 heteroatoms. The number of nitrogens with zero attached hydrogens (tertiary/aromatic N) is 5. The van der Waals surface area contributed by atoms with Crippen molar-refractivity contribution in [1.29, 1.82) is 0 Å². The second-order valence-corrected chi connectivity index (χ2v) is 7.96. The number of aromatic nitrogens is 4. The smallest absolute Gasteiger partial charge is 0.417 e. The molecule has 34 heavy (non-hydrogen) atoms. The Morgan fingerprint density at radius 3 is 2.68 bits per heavy atom. The minimum atomic E-state index is -4.46. The highest BCUT2D eigenvalue weighted by Crippen LogP contribution is 2.31. The molecule has 1 atom stereocenters. The molecule has 174 valence electrons. The average molecular weight is 467 g/mol. The van der Waals surface area contributed by atoms with E-state index >= 15 is 0 Å². The monoisotopic (exact) mass is 467 g/mol. The molecule has 1 aliphatic heterocycles. The second kappa shape index (κ2) is 8.77. The molecule has 7 nitrogen and oxygen atoms in total. The number of hydrogen-bond acceptors (Lipinski definition) is 5. The molecule has 0 saturated carbocycles. The van der Waals surface area contributed by atoms with Gasteiger partial charge in [-0.05, 0) is 43.2 Å². The molecule has 0 aromatic carbocycles. The Morgan fingerprint density at radius 1 is 1.09 bits per heavy atom. The minimum absolute atomic E-state index is 0.0810. The number of rotatable bonds is 5. The van der Waals surface area contributed by atoms with E-state index in [-0.39, 0.29) is 24.4 Å². The lowest BCUT2D eigenvalue weighted by atomic mass is 10.1. The highest BCUT2D eigenvalue weighted by Gasteiger charge is 2.34. The molecule has 0 radical (unpaired) electrons. The molecule has 1 saturated heterocycles. The fourth-order valence-corrected chi connectivity index (χ4v) is 4.13. The van der Waals surface area contributed by atoms with Crippen LogP contribution in [-0.2, 0) is 6.18 Å². The van der Waals surface area contributed by atoms with Crippen LogP contribution in [0.5, 0.6) is 5.88 Å². The number of fused-ring (bicyclic) bond motifs is 1. The average Bonchev–Trinajstić information content (AvgIpc) is 3.47. The fraction of sp³-hybridized carbons (Fsp3) is 0.250. The lowest BCUT2D eigenvalue weighted by Crippen LogP contribution is -2.39. The van der Waals surface area contributed by atoms with E-state index in [1.54, 1.807) is 33.9 Å². The number of pyridine rings is 3. The zero-order valence-electron chi connectivity index (χ0n) is 17.9. The lowest BCUT2D eigenvalue weighted by Gasteiger charge is -2.24. The Kier molecular flexibility index (Phi) is 5.64. The van der Waals surface area contributed by atoms with Crippen molar-refractivity contribution in [3.63, 3.8) is 0 Å². The second-order valence-electron chi connectivity index (χ2n) is 7.96. The maximum atomic E-state index is 13.7. The summed E-state index contributed by atoms with van der Waals surface area (Å²) in [6.07, 6.45) is 1.21. The van der Waals surface area contributed by atoms with Crippen LogP contribution in [0.4, 0.5) is 13.2 Å². The summed E-state index contributed by atoms with van der Waals surface area (Å²) in [5.74, 6) is -0.106. The third-order valence-electron chi connectivity index (χ3n) is 5.79. The Bertz CT molecular complexity index is 1310. The molecule has 0 spiro atoms. The maximum absolute atomic E-state index is 13.7. The van der Waals surface area contributed by atoms with E-state index in [0.717, 1.165) is 18.7 Å². The molecule has 0 N–H and O–H groups in total. The zero-order chi connectivity index (χ0) is 23.7. The number of alkyl halides is 3. The molecular weight excluding hydrogens is 447 g/mol. The van der Waals surface area contributed by atoms with Crippen LogP contribution >= 0.6 is 0 Å². The summed E-state index contributed by atoms with van der Waals surface area (Å²) in [5.41, 5.74) is 1.37. The van der Waals surface area contributed by atoms with Crippen molar-refractivity contribution in [3.05, 3.63) is 78.2 Å². The Labute approximate surface area is 192 Å². The van der Waals surface area contributed by atoms with Gasteiger partial charge < -0.3 is 9.64 Å². The molecule has 0 unspecified atom stereocenters. The van der Waals surface area contributed by atoms with Gasteiger partial charge in [0.15, 0.2) is 0 Å². The molecule has 5 heterocycles. The van der Waals surface area contributed by atoms with E-state index < -0.39 is 11.7 Å². The third kappa shape index (κ3) is 4.18. The van der Waals surface area contributed by atoms with Gasteiger partial charge in [0.1, 0.15) is 12.3 Å². The van der Waals surface area contributed by atoms with Crippen molar-refractivity contribution in [2.24, 2.45) is 0 Å². The molecule has 4 aromatic heterocycles. The molecule has 1 fully saturated rings. The van der Waals surface area contributed by atoms with Gasteiger partial charge in [0, 0.05) is 31.2 Å². The molecular formula is C24H20F3N5O2. The first-order valence-corrected chi connectivity index (χ1v) is 10.8. The van der Waals surface area contributed by atoms with Crippen molar-refractivity contribution in [2.75, 3.05) is 13.2 Å². The predicted molar refractivity (Wildman–Crippen MR) is 117 cm³/mol. The number of amides is 1. The van der Waals surface area contributed by atoms with Crippen molar-refractivity contribution >= 4 is 11.4 Å². The molecule has 0 aliphatic carbocycles. The minimum Gasteiger partial charge on any atom is -0.475 e. The van der Waals surface area contributed by atoms with Crippen LogP contribution < -0.4 is 4.74 Å². The highest BCUT2D eigenvalue weighted by molar-refractivity contribution is 6.06. The molecule has 1 amide bonds. The summed E-state index contributed by atoms with van der Waals surface area (Å²) in [5, 5.41) is 4.60. The standard InChI is InChI=1S/C24H20F3N5O2/c25-24(26,27)16-9-10-20(29-14-16)34-15-17-6-5-12-31(17)23(33)21-19-8-2-4-13-32(19)30-22(21)18-7-1-3-11-28-18/h1-4,7-11,13-14,17H,5-6,12,15H2/t17-/m0/s1.